The summed E-state index contributed by atoms with van der Waals surface area (Å²) in [5, 5.41) is 9.55. The Balaban J connectivity index is 1.54. The average molecular weight is 493 g/mol. The summed E-state index contributed by atoms with van der Waals surface area (Å²) < 4.78 is 0. The number of carboxylic acids is 1. The van der Waals surface area contributed by atoms with Gasteiger partial charge in [-0.05, 0) is 43.1 Å². The molecule has 1 N–H and O–H groups in total. The fourth-order valence-electron chi connectivity index (χ4n) is 5.69. The van der Waals surface area contributed by atoms with Gasteiger partial charge in [0.2, 0.25) is 5.95 Å². The Morgan fingerprint density at radius 1 is 0.972 bits per heavy atom. The minimum atomic E-state index is -0.977. The molecule has 1 heterocycles. The van der Waals surface area contributed by atoms with E-state index in [1.165, 1.54) is 29.7 Å². The highest BCUT2D eigenvalue weighted by atomic mass is 16.4. The lowest BCUT2D eigenvalue weighted by Gasteiger charge is -2.29. The van der Waals surface area contributed by atoms with Crippen molar-refractivity contribution in [3.05, 3.63) is 53.3 Å². The highest BCUT2D eigenvalue weighted by Gasteiger charge is 2.28. The van der Waals surface area contributed by atoms with Crippen LogP contribution in [0, 0.1) is 11.8 Å². The molecular formula is C29H40N4O3. The number of aromatic nitrogens is 2. The van der Waals surface area contributed by atoms with Crippen molar-refractivity contribution in [2.45, 2.75) is 70.6 Å². The summed E-state index contributed by atoms with van der Waals surface area (Å²) in [5.74, 6) is 0.279. The van der Waals surface area contributed by atoms with Crippen molar-refractivity contribution in [3.8, 4) is 0 Å². The molecule has 0 bridgehead atoms. The van der Waals surface area contributed by atoms with E-state index in [9.17, 15) is 14.7 Å². The highest BCUT2D eigenvalue weighted by Crippen LogP contribution is 2.30. The molecule has 36 heavy (non-hydrogen) atoms. The molecule has 2 aliphatic carbocycles. The van der Waals surface area contributed by atoms with Crippen LogP contribution in [0.1, 0.15) is 79.4 Å². The van der Waals surface area contributed by atoms with E-state index >= 15 is 0 Å². The van der Waals surface area contributed by atoms with E-state index in [0.29, 0.717) is 29.9 Å². The Bertz CT molecular complexity index is 1000. The van der Waals surface area contributed by atoms with E-state index in [4.69, 9.17) is 4.98 Å². The second-order valence-electron chi connectivity index (χ2n) is 10.6. The van der Waals surface area contributed by atoms with E-state index in [1.54, 1.807) is 6.20 Å². The van der Waals surface area contributed by atoms with E-state index < -0.39 is 5.97 Å². The SMILES string of the molecule is CN(CCc1ccccc1)c1ncc(C(=O)N(CC(=O)O)CC2CCCCC2)c(CC2CCCC2)n1. The zero-order valence-corrected chi connectivity index (χ0v) is 21.6. The minimum absolute atomic E-state index is 0.241. The fraction of sp³-hybridized carbons (Fsp3) is 0.586. The molecule has 2 aliphatic rings. The van der Waals surface area contributed by atoms with Crippen LogP contribution in [-0.2, 0) is 17.6 Å². The molecule has 1 aromatic heterocycles. The number of likely N-dealkylation sites (N-methyl/N-ethyl adjacent to an activating group) is 1. The summed E-state index contributed by atoms with van der Waals surface area (Å²) in [7, 11) is 1.99. The first-order valence-corrected chi connectivity index (χ1v) is 13.6. The number of carboxylic acid groups (broad SMARTS) is 1. The molecule has 0 spiro atoms. The van der Waals surface area contributed by atoms with Crippen molar-refractivity contribution in [3.63, 3.8) is 0 Å². The summed E-state index contributed by atoms with van der Waals surface area (Å²) in [5.41, 5.74) is 2.50. The Labute approximate surface area is 214 Å². The number of amides is 1. The number of aliphatic carboxylic acids is 1. The molecular weight excluding hydrogens is 452 g/mol. The second-order valence-corrected chi connectivity index (χ2v) is 10.6. The Morgan fingerprint density at radius 3 is 2.33 bits per heavy atom. The average Bonchev–Trinajstić information content (AvgIpc) is 3.40. The third kappa shape index (κ3) is 7.28. The van der Waals surface area contributed by atoms with Gasteiger partial charge in [-0.15, -0.1) is 0 Å². The molecule has 7 nitrogen and oxygen atoms in total. The molecule has 0 radical (unpaired) electrons. The molecule has 0 aliphatic heterocycles. The molecule has 0 saturated heterocycles. The first-order chi connectivity index (χ1) is 17.5. The molecule has 0 unspecified atom stereocenters. The maximum absolute atomic E-state index is 13.7. The maximum atomic E-state index is 13.7. The summed E-state index contributed by atoms with van der Waals surface area (Å²) in [4.78, 5) is 38.4. The quantitative estimate of drug-likeness (QED) is 0.475. The van der Waals surface area contributed by atoms with Gasteiger partial charge in [0.1, 0.15) is 6.54 Å². The van der Waals surface area contributed by atoms with Crippen LogP contribution in [0.25, 0.3) is 0 Å². The van der Waals surface area contributed by atoms with Crippen LogP contribution < -0.4 is 4.90 Å². The number of rotatable bonds is 11. The van der Waals surface area contributed by atoms with Gasteiger partial charge in [-0.2, -0.15) is 0 Å². The van der Waals surface area contributed by atoms with Gasteiger partial charge in [-0.3, -0.25) is 9.59 Å². The first kappa shape index (κ1) is 26.1. The maximum Gasteiger partial charge on any atom is 0.323 e. The highest BCUT2D eigenvalue weighted by molar-refractivity contribution is 5.96. The van der Waals surface area contributed by atoms with Crippen molar-refractivity contribution in [2.75, 3.05) is 31.6 Å². The lowest BCUT2D eigenvalue weighted by Crippen LogP contribution is -2.40. The fourth-order valence-corrected chi connectivity index (χ4v) is 5.69. The normalized spacial score (nSPS) is 16.7. The number of benzene rings is 1. The van der Waals surface area contributed by atoms with Crippen LogP contribution in [0.2, 0.25) is 0 Å². The van der Waals surface area contributed by atoms with Crippen LogP contribution in [-0.4, -0.2) is 58.5 Å². The molecule has 7 heteroatoms. The number of carbonyl (C=O) groups excluding carboxylic acids is 1. The number of hydrogen-bond donors (Lipinski definition) is 1. The van der Waals surface area contributed by atoms with Gasteiger partial charge < -0.3 is 14.9 Å². The van der Waals surface area contributed by atoms with Crippen molar-refractivity contribution < 1.29 is 14.7 Å². The predicted molar refractivity (Wildman–Crippen MR) is 141 cm³/mol. The number of hydrogen-bond acceptors (Lipinski definition) is 5. The third-order valence-corrected chi connectivity index (χ3v) is 7.78. The van der Waals surface area contributed by atoms with Gasteiger partial charge >= 0.3 is 5.97 Å². The third-order valence-electron chi connectivity index (χ3n) is 7.78. The summed E-state index contributed by atoms with van der Waals surface area (Å²) >= 11 is 0. The van der Waals surface area contributed by atoms with Gasteiger partial charge in [0.05, 0.1) is 11.3 Å². The first-order valence-electron chi connectivity index (χ1n) is 13.6. The Kier molecular flexibility index (Phi) is 9.31. The van der Waals surface area contributed by atoms with Crippen LogP contribution in [0.3, 0.4) is 0 Å². The molecule has 2 saturated carbocycles. The van der Waals surface area contributed by atoms with Crippen molar-refractivity contribution in [2.24, 2.45) is 11.8 Å². The van der Waals surface area contributed by atoms with E-state index in [0.717, 1.165) is 63.6 Å². The van der Waals surface area contributed by atoms with E-state index in [1.807, 2.05) is 30.1 Å². The lowest BCUT2D eigenvalue weighted by molar-refractivity contribution is -0.137. The van der Waals surface area contributed by atoms with Crippen LogP contribution in [0.15, 0.2) is 36.5 Å². The molecule has 194 valence electrons. The molecule has 4 rings (SSSR count). The summed E-state index contributed by atoms with van der Waals surface area (Å²) in [6.07, 6.45) is 13.6. The van der Waals surface area contributed by atoms with E-state index in [2.05, 4.69) is 17.1 Å². The predicted octanol–water partition coefficient (Wildman–Crippen LogP) is 5.00. The topological polar surface area (TPSA) is 86.6 Å². The second kappa shape index (κ2) is 12.8. The zero-order valence-electron chi connectivity index (χ0n) is 21.6. The molecule has 0 atom stereocenters. The standard InChI is InChI=1S/C29H40N4O3/c1-32(17-16-22-10-4-2-5-11-22)29-30-19-25(26(31-29)18-23-12-8-9-13-23)28(36)33(21-27(34)35)20-24-14-6-3-7-15-24/h2,4-5,10-11,19,23-24H,3,6-9,12-18,20-21H2,1H3,(H,34,35). The van der Waals surface area contributed by atoms with E-state index in [-0.39, 0.29) is 12.5 Å². The van der Waals surface area contributed by atoms with Gasteiger partial charge in [0, 0.05) is 26.3 Å². The molecule has 2 aromatic rings. The van der Waals surface area contributed by atoms with Gasteiger partial charge in [0.15, 0.2) is 0 Å². The summed E-state index contributed by atoms with van der Waals surface area (Å²) in [6.45, 7) is 0.983. The van der Waals surface area contributed by atoms with Crippen molar-refractivity contribution >= 4 is 17.8 Å². The molecule has 1 aromatic carbocycles. The number of nitrogens with zero attached hydrogens (tertiary/aromatic N) is 4. The largest absolute Gasteiger partial charge is 0.480 e. The van der Waals surface area contributed by atoms with Crippen LogP contribution >= 0.6 is 0 Å². The Hall–Kier alpha value is -2.96. The lowest BCUT2D eigenvalue weighted by atomic mass is 9.88. The number of anilines is 1. The molecule has 1 amide bonds. The van der Waals surface area contributed by atoms with Crippen molar-refractivity contribution in [1.82, 2.24) is 14.9 Å². The van der Waals surface area contributed by atoms with Gasteiger partial charge in [-0.1, -0.05) is 75.3 Å². The smallest absolute Gasteiger partial charge is 0.323 e. The van der Waals surface area contributed by atoms with Crippen molar-refractivity contribution in [1.29, 1.82) is 0 Å². The van der Waals surface area contributed by atoms with Crippen LogP contribution in [0.5, 0.6) is 0 Å². The molecule has 2 fully saturated rings. The monoisotopic (exact) mass is 492 g/mol. The van der Waals surface area contributed by atoms with Gasteiger partial charge in [-0.25, -0.2) is 9.97 Å². The minimum Gasteiger partial charge on any atom is -0.480 e. The van der Waals surface area contributed by atoms with Gasteiger partial charge in [0.25, 0.3) is 5.91 Å². The van der Waals surface area contributed by atoms with Crippen LogP contribution in [0.4, 0.5) is 5.95 Å². The zero-order chi connectivity index (χ0) is 25.3. The number of carbonyl (C=O) groups is 2. The summed E-state index contributed by atoms with van der Waals surface area (Å²) in [6, 6.07) is 10.3. The Morgan fingerprint density at radius 2 is 1.64 bits per heavy atom.